The fourth-order valence-corrected chi connectivity index (χ4v) is 1.74. The molecule has 0 aromatic carbocycles. The van der Waals surface area contributed by atoms with Gasteiger partial charge < -0.3 is 5.73 Å². The number of aryl methyl sites for hydroxylation is 1. The molecule has 0 fully saturated rings. The van der Waals surface area contributed by atoms with Gasteiger partial charge in [0.25, 0.3) is 0 Å². The topological polar surface area (TPSA) is 51.8 Å². The molecule has 14 heavy (non-hydrogen) atoms. The van der Waals surface area contributed by atoms with Crippen LogP contribution in [0, 0.1) is 6.92 Å². The average molecular weight is 214 g/mol. The Morgan fingerprint density at radius 1 is 1.29 bits per heavy atom. The maximum atomic E-state index is 5.98. The molecule has 0 saturated carbocycles. The van der Waals surface area contributed by atoms with Crippen LogP contribution in [0.2, 0.25) is 5.15 Å². The first-order valence-corrected chi connectivity index (χ1v) is 5.31. The molecule has 0 aliphatic heterocycles. The first kappa shape index (κ1) is 11.2. The van der Waals surface area contributed by atoms with Gasteiger partial charge in [-0.25, -0.2) is 9.97 Å². The number of aromatic nitrogens is 2. The minimum absolute atomic E-state index is 0.256. The first-order valence-electron chi connectivity index (χ1n) is 4.93. The van der Waals surface area contributed by atoms with Gasteiger partial charge in [0.05, 0.1) is 0 Å². The summed E-state index contributed by atoms with van der Waals surface area (Å²) in [5, 5.41) is 0.506. The molecular formula is C10H16ClN3. The number of halogens is 1. The van der Waals surface area contributed by atoms with Gasteiger partial charge in [0.2, 0.25) is 5.95 Å². The minimum Gasteiger partial charge on any atom is -0.368 e. The molecule has 0 amide bonds. The van der Waals surface area contributed by atoms with Gasteiger partial charge in [0.15, 0.2) is 0 Å². The summed E-state index contributed by atoms with van der Waals surface area (Å²) < 4.78 is 0. The highest BCUT2D eigenvalue weighted by molar-refractivity contribution is 6.30. The highest BCUT2D eigenvalue weighted by atomic mass is 35.5. The predicted molar refractivity (Wildman–Crippen MR) is 59.4 cm³/mol. The van der Waals surface area contributed by atoms with Gasteiger partial charge in [-0.2, -0.15) is 0 Å². The average Bonchev–Trinajstić information content (AvgIpc) is 2.09. The summed E-state index contributed by atoms with van der Waals surface area (Å²) in [7, 11) is 0. The van der Waals surface area contributed by atoms with Gasteiger partial charge in [0.1, 0.15) is 5.15 Å². The van der Waals surface area contributed by atoms with E-state index in [0.717, 1.165) is 24.1 Å². The number of nitrogen functional groups attached to an aromatic ring is 1. The number of hydrogen-bond donors (Lipinski definition) is 1. The van der Waals surface area contributed by atoms with Crippen molar-refractivity contribution in [3.8, 4) is 0 Å². The third-order valence-electron chi connectivity index (χ3n) is 2.21. The lowest BCUT2D eigenvalue weighted by atomic mass is 10.1. The maximum Gasteiger partial charge on any atom is 0.221 e. The molecule has 0 aliphatic carbocycles. The van der Waals surface area contributed by atoms with E-state index in [1.807, 2.05) is 6.92 Å². The molecule has 0 atom stereocenters. The van der Waals surface area contributed by atoms with Crippen molar-refractivity contribution in [3.05, 3.63) is 16.4 Å². The SMILES string of the molecule is CCCCCc1c(C)nc(N)nc1Cl. The molecule has 0 bridgehead atoms. The molecule has 1 rings (SSSR count). The number of hydrogen-bond acceptors (Lipinski definition) is 3. The second-order valence-electron chi connectivity index (χ2n) is 3.39. The smallest absolute Gasteiger partial charge is 0.221 e. The zero-order chi connectivity index (χ0) is 10.6. The molecular weight excluding hydrogens is 198 g/mol. The van der Waals surface area contributed by atoms with Crippen LogP contribution >= 0.6 is 11.6 Å². The molecule has 0 spiro atoms. The Bertz CT molecular complexity index is 289. The monoisotopic (exact) mass is 213 g/mol. The summed E-state index contributed by atoms with van der Waals surface area (Å²) in [5.74, 6) is 0.256. The molecule has 1 aromatic rings. The van der Waals surface area contributed by atoms with Crippen LogP contribution in [0.1, 0.15) is 37.4 Å². The van der Waals surface area contributed by atoms with E-state index < -0.39 is 0 Å². The van der Waals surface area contributed by atoms with E-state index in [2.05, 4.69) is 16.9 Å². The molecule has 1 heterocycles. The summed E-state index contributed by atoms with van der Waals surface area (Å²) in [6.07, 6.45) is 4.48. The van der Waals surface area contributed by atoms with Crippen molar-refractivity contribution in [2.24, 2.45) is 0 Å². The van der Waals surface area contributed by atoms with Crippen LogP contribution in [0.4, 0.5) is 5.95 Å². The van der Waals surface area contributed by atoms with Crippen molar-refractivity contribution in [3.63, 3.8) is 0 Å². The van der Waals surface area contributed by atoms with Gasteiger partial charge in [0, 0.05) is 11.3 Å². The largest absolute Gasteiger partial charge is 0.368 e. The van der Waals surface area contributed by atoms with E-state index in [4.69, 9.17) is 17.3 Å². The van der Waals surface area contributed by atoms with Crippen LogP contribution in [0.5, 0.6) is 0 Å². The molecule has 0 saturated heterocycles. The molecule has 3 nitrogen and oxygen atoms in total. The van der Waals surface area contributed by atoms with Gasteiger partial charge >= 0.3 is 0 Å². The van der Waals surface area contributed by atoms with Crippen molar-refractivity contribution in [1.29, 1.82) is 0 Å². The van der Waals surface area contributed by atoms with E-state index in [-0.39, 0.29) is 5.95 Å². The summed E-state index contributed by atoms with van der Waals surface area (Å²) in [6, 6.07) is 0. The van der Waals surface area contributed by atoms with Crippen LogP contribution in [0.15, 0.2) is 0 Å². The van der Waals surface area contributed by atoms with Crippen molar-refractivity contribution >= 4 is 17.5 Å². The fourth-order valence-electron chi connectivity index (χ4n) is 1.42. The Kier molecular flexibility index (Phi) is 4.14. The molecule has 4 heteroatoms. The Morgan fingerprint density at radius 2 is 2.00 bits per heavy atom. The summed E-state index contributed by atoms with van der Waals surface area (Å²) >= 11 is 5.98. The van der Waals surface area contributed by atoms with Gasteiger partial charge in [-0.1, -0.05) is 31.4 Å². The normalized spacial score (nSPS) is 10.5. The molecule has 1 aromatic heterocycles. The first-order chi connectivity index (χ1) is 6.65. The molecule has 0 radical (unpaired) electrons. The highest BCUT2D eigenvalue weighted by Gasteiger charge is 2.07. The summed E-state index contributed by atoms with van der Waals surface area (Å²) in [6.45, 7) is 4.10. The highest BCUT2D eigenvalue weighted by Crippen LogP contribution is 2.19. The molecule has 0 aliphatic rings. The Balaban J connectivity index is 2.75. The Hall–Kier alpha value is -0.830. The van der Waals surface area contributed by atoms with Crippen LogP contribution in [-0.4, -0.2) is 9.97 Å². The fraction of sp³-hybridized carbons (Fsp3) is 0.600. The van der Waals surface area contributed by atoms with Gasteiger partial charge in [-0.05, 0) is 19.8 Å². The number of unbranched alkanes of at least 4 members (excludes halogenated alkanes) is 2. The number of anilines is 1. The lowest BCUT2D eigenvalue weighted by Gasteiger charge is -2.06. The Labute approximate surface area is 89.7 Å². The maximum absolute atomic E-state index is 5.98. The number of nitrogens with zero attached hydrogens (tertiary/aromatic N) is 2. The zero-order valence-corrected chi connectivity index (χ0v) is 9.43. The van der Waals surface area contributed by atoms with Gasteiger partial charge in [-0.15, -0.1) is 0 Å². The summed E-state index contributed by atoms with van der Waals surface area (Å²) in [5.41, 5.74) is 7.41. The minimum atomic E-state index is 0.256. The molecule has 0 unspecified atom stereocenters. The van der Waals surface area contributed by atoms with Crippen LogP contribution in [-0.2, 0) is 6.42 Å². The van der Waals surface area contributed by atoms with E-state index >= 15 is 0 Å². The van der Waals surface area contributed by atoms with Crippen LogP contribution in [0.25, 0.3) is 0 Å². The van der Waals surface area contributed by atoms with E-state index in [1.54, 1.807) is 0 Å². The van der Waals surface area contributed by atoms with Crippen molar-refractivity contribution in [1.82, 2.24) is 9.97 Å². The predicted octanol–water partition coefficient (Wildman–Crippen LogP) is 2.75. The summed E-state index contributed by atoms with van der Waals surface area (Å²) in [4.78, 5) is 8.04. The molecule has 2 N–H and O–H groups in total. The molecule has 78 valence electrons. The number of rotatable bonds is 4. The van der Waals surface area contributed by atoms with E-state index in [1.165, 1.54) is 12.8 Å². The van der Waals surface area contributed by atoms with E-state index in [9.17, 15) is 0 Å². The van der Waals surface area contributed by atoms with Crippen molar-refractivity contribution < 1.29 is 0 Å². The Morgan fingerprint density at radius 3 is 2.57 bits per heavy atom. The van der Waals surface area contributed by atoms with Crippen molar-refractivity contribution in [2.45, 2.75) is 39.5 Å². The standard InChI is InChI=1S/C10H16ClN3/c1-3-4-5-6-8-7(2)13-10(12)14-9(8)11/h3-6H2,1-2H3,(H2,12,13,14). The number of nitrogens with two attached hydrogens (primary N) is 1. The van der Waals surface area contributed by atoms with Crippen LogP contribution in [0.3, 0.4) is 0 Å². The lowest BCUT2D eigenvalue weighted by molar-refractivity contribution is 0.711. The zero-order valence-electron chi connectivity index (χ0n) is 8.68. The quantitative estimate of drug-likeness (QED) is 0.618. The second kappa shape index (κ2) is 5.15. The third kappa shape index (κ3) is 2.84. The third-order valence-corrected chi connectivity index (χ3v) is 2.52. The van der Waals surface area contributed by atoms with Crippen molar-refractivity contribution in [2.75, 3.05) is 5.73 Å². The van der Waals surface area contributed by atoms with Crippen LogP contribution < -0.4 is 5.73 Å². The lowest BCUT2D eigenvalue weighted by Crippen LogP contribution is -2.02. The second-order valence-corrected chi connectivity index (χ2v) is 3.75. The van der Waals surface area contributed by atoms with E-state index in [0.29, 0.717) is 5.15 Å². The van der Waals surface area contributed by atoms with Gasteiger partial charge in [-0.3, -0.25) is 0 Å².